The molecule has 0 fully saturated rings. The van der Waals surface area contributed by atoms with Crippen LogP contribution in [0.5, 0.6) is 0 Å². The number of rotatable bonds is 6. The molecule has 0 aliphatic heterocycles. The SMILES string of the molecule is COC(C)(C)CCn1nnc(C(=O)O)c1-c1cccnc1. The van der Waals surface area contributed by atoms with Crippen molar-refractivity contribution in [2.24, 2.45) is 0 Å². The molecule has 2 rings (SSSR count). The Kier molecular flexibility index (Phi) is 4.32. The lowest BCUT2D eigenvalue weighted by molar-refractivity contribution is 0.0113. The molecule has 0 saturated heterocycles. The Bertz CT molecular complexity index is 622. The second-order valence-corrected chi connectivity index (χ2v) is 5.27. The highest BCUT2D eigenvalue weighted by atomic mass is 16.5. The van der Waals surface area contributed by atoms with Crippen molar-refractivity contribution in [3.8, 4) is 11.3 Å². The van der Waals surface area contributed by atoms with Crippen molar-refractivity contribution in [2.75, 3.05) is 7.11 Å². The lowest BCUT2D eigenvalue weighted by Gasteiger charge is -2.22. The Morgan fingerprint density at radius 3 is 2.81 bits per heavy atom. The van der Waals surface area contributed by atoms with Crippen molar-refractivity contribution >= 4 is 5.97 Å². The molecule has 0 unspecified atom stereocenters. The van der Waals surface area contributed by atoms with Crippen LogP contribution in [0.4, 0.5) is 0 Å². The number of methoxy groups -OCH3 is 1. The maximum Gasteiger partial charge on any atom is 0.358 e. The average Bonchev–Trinajstić information content (AvgIpc) is 2.90. The molecule has 0 aliphatic carbocycles. The van der Waals surface area contributed by atoms with E-state index >= 15 is 0 Å². The first-order valence-corrected chi connectivity index (χ1v) is 6.57. The first kappa shape index (κ1) is 15.1. The summed E-state index contributed by atoms with van der Waals surface area (Å²) in [6.07, 6.45) is 3.91. The zero-order valence-corrected chi connectivity index (χ0v) is 12.3. The third-order valence-electron chi connectivity index (χ3n) is 3.35. The van der Waals surface area contributed by atoms with Crippen LogP contribution in [0, 0.1) is 0 Å². The number of nitrogens with zero attached hydrogens (tertiary/aromatic N) is 4. The van der Waals surface area contributed by atoms with E-state index in [0.717, 1.165) is 0 Å². The molecule has 112 valence electrons. The van der Waals surface area contributed by atoms with Crippen molar-refractivity contribution in [2.45, 2.75) is 32.4 Å². The van der Waals surface area contributed by atoms with Crippen molar-refractivity contribution in [1.29, 1.82) is 0 Å². The number of aromatic carboxylic acids is 1. The highest BCUT2D eigenvalue weighted by Gasteiger charge is 2.23. The molecule has 7 heteroatoms. The van der Waals surface area contributed by atoms with E-state index in [1.807, 2.05) is 13.8 Å². The first-order chi connectivity index (χ1) is 9.94. The minimum atomic E-state index is -1.11. The van der Waals surface area contributed by atoms with E-state index in [1.165, 1.54) is 0 Å². The van der Waals surface area contributed by atoms with Crippen LogP contribution in [0.2, 0.25) is 0 Å². The molecule has 2 aromatic rings. The number of carboxylic acids is 1. The number of carboxylic acid groups (broad SMARTS) is 1. The number of hydrogen-bond acceptors (Lipinski definition) is 5. The van der Waals surface area contributed by atoms with Gasteiger partial charge in [0.1, 0.15) is 5.69 Å². The summed E-state index contributed by atoms with van der Waals surface area (Å²) in [5, 5.41) is 17.0. The predicted octanol–water partition coefficient (Wildman–Crippen LogP) is 1.85. The van der Waals surface area contributed by atoms with Gasteiger partial charge in [0.05, 0.1) is 5.60 Å². The van der Waals surface area contributed by atoms with Gasteiger partial charge in [-0.1, -0.05) is 5.21 Å². The van der Waals surface area contributed by atoms with E-state index < -0.39 is 5.97 Å². The Morgan fingerprint density at radius 2 is 2.24 bits per heavy atom. The smallest absolute Gasteiger partial charge is 0.358 e. The first-order valence-electron chi connectivity index (χ1n) is 6.57. The summed E-state index contributed by atoms with van der Waals surface area (Å²) >= 11 is 0. The van der Waals surface area contributed by atoms with E-state index in [2.05, 4.69) is 15.3 Å². The van der Waals surface area contributed by atoms with Gasteiger partial charge in [-0.05, 0) is 32.4 Å². The number of hydrogen-bond donors (Lipinski definition) is 1. The van der Waals surface area contributed by atoms with Crippen LogP contribution in [-0.2, 0) is 11.3 Å². The van der Waals surface area contributed by atoms with Gasteiger partial charge in [-0.2, -0.15) is 0 Å². The minimum absolute atomic E-state index is 0.0711. The van der Waals surface area contributed by atoms with E-state index in [1.54, 1.807) is 36.3 Å². The van der Waals surface area contributed by atoms with Gasteiger partial charge in [-0.25, -0.2) is 9.48 Å². The van der Waals surface area contributed by atoms with Crippen molar-refractivity contribution < 1.29 is 14.6 Å². The molecule has 0 saturated carbocycles. The van der Waals surface area contributed by atoms with Crippen molar-refractivity contribution in [1.82, 2.24) is 20.0 Å². The molecule has 0 amide bonds. The van der Waals surface area contributed by atoms with Gasteiger partial charge >= 0.3 is 5.97 Å². The molecule has 1 N–H and O–H groups in total. The van der Waals surface area contributed by atoms with Crippen LogP contribution in [0.15, 0.2) is 24.5 Å². The van der Waals surface area contributed by atoms with Crippen molar-refractivity contribution in [3.05, 3.63) is 30.2 Å². The lowest BCUT2D eigenvalue weighted by Crippen LogP contribution is -2.25. The summed E-state index contributed by atoms with van der Waals surface area (Å²) in [5.41, 5.74) is 0.748. The summed E-state index contributed by atoms with van der Waals surface area (Å²) in [6.45, 7) is 4.43. The number of carbonyl (C=O) groups is 1. The average molecular weight is 290 g/mol. The van der Waals surface area contributed by atoms with Crippen LogP contribution < -0.4 is 0 Å². The fraction of sp³-hybridized carbons (Fsp3) is 0.429. The second-order valence-electron chi connectivity index (χ2n) is 5.27. The molecule has 0 bridgehead atoms. The van der Waals surface area contributed by atoms with E-state index in [-0.39, 0.29) is 11.3 Å². The van der Waals surface area contributed by atoms with Crippen LogP contribution in [0.25, 0.3) is 11.3 Å². The molecular formula is C14H18N4O3. The highest BCUT2D eigenvalue weighted by Crippen LogP contribution is 2.23. The van der Waals surface area contributed by atoms with Crippen LogP contribution in [0.3, 0.4) is 0 Å². The molecular weight excluding hydrogens is 272 g/mol. The largest absolute Gasteiger partial charge is 0.476 e. The fourth-order valence-electron chi connectivity index (χ4n) is 1.88. The summed E-state index contributed by atoms with van der Waals surface area (Å²) in [7, 11) is 1.64. The molecule has 0 radical (unpaired) electrons. The van der Waals surface area contributed by atoms with Crippen molar-refractivity contribution in [3.63, 3.8) is 0 Å². The van der Waals surface area contributed by atoms with Crippen LogP contribution in [0.1, 0.15) is 30.8 Å². The maximum absolute atomic E-state index is 11.3. The predicted molar refractivity (Wildman–Crippen MR) is 75.9 cm³/mol. The third-order valence-corrected chi connectivity index (χ3v) is 3.35. The van der Waals surface area contributed by atoms with Gasteiger partial charge in [0.25, 0.3) is 0 Å². The molecule has 0 aliphatic rings. The second kappa shape index (κ2) is 6.01. The van der Waals surface area contributed by atoms with Gasteiger partial charge in [0.2, 0.25) is 0 Å². The molecule has 0 spiro atoms. The number of ether oxygens (including phenoxy) is 1. The van der Waals surface area contributed by atoms with Gasteiger partial charge in [-0.3, -0.25) is 4.98 Å². The summed E-state index contributed by atoms with van der Waals surface area (Å²) in [6, 6.07) is 3.54. The molecule has 2 aromatic heterocycles. The summed E-state index contributed by atoms with van der Waals surface area (Å²) in [4.78, 5) is 15.3. The Hall–Kier alpha value is -2.28. The third kappa shape index (κ3) is 3.43. The maximum atomic E-state index is 11.3. The van der Waals surface area contributed by atoms with E-state index in [9.17, 15) is 9.90 Å². The summed E-state index contributed by atoms with van der Waals surface area (Å²) < 4.78 is 6.95. The molecule has 7 nitrogen and oxygen atoms in total. The normalized spacial score (nSPS) is 11.6. The Labute approximate surface area is 122 Å². The van der Waals surface area contributed by atoms with Crippen LogP contribution in [-0.4, -0.2) is 43.8 Å². The van der Waals surface area contributed by atoms with Gasteiger partial charge in [-0.15, -0.1) is 5.10 Å². The van der Waals surface area contributed by atoms with Gasteiger partial charge in [0, 0.05) is 31.6 Å². The van der Waals surface area contributed by atoms with E-state index in [0.29, 0.717) is 24.2 Å². The van der Waals surface area contributed by atoms with Crippen LogP contribution >= 0.6 is 0 Å². The fourth-order valence-corrected chi connectivity index (χ4v) is 1.88. The molecule has 0 atom stereocenters. The monoisotopic (exact) mass is 290 g/mol. The van der Waals surface area contributed by atoms with Gasteiger partial charge in [0.15, 0.2) is 5.69 Å². The van der Waals surface area contributed by atoms with Gasteiger partial charge < -0.3 is 9.84 Å². The molecule has 0 aromatic carbocycles. The number of aromatic nitrogens is 4. The molecule has 21 heavy (non-hydrogen) atoms. The number of pyridine rings is 1. The minimum Gasteiger partial charge on any atom is -0.476 e. The number of aryl methyl sites for hydroxylation is 1. The standard InChI is InChI=1S/C14H18N4O3/c1-14(2,21-3)6-8-18-12(10-5-4-7-15-9-10)11(13(19)20)16-17-18/h4-5,7,9H,6,8H2,1-3H3,(H,19,20). The quantitative estimate of drug-likeness (QED) is 0.873. The highest BCUT2D eigenvalue weighted by molar-refractivity contribution is 5.92. The Morgan fingerprint density at radius 1 is 1.48 bits per heavy atom. The Balaban J connectivity index is 2.37. The zero-order valence-electron chi connectivity index (χ0n) is 12.3. The molecule has 2 heterocycles. The van der Waals surface area contributed by atoms with E-state index in [4.69, 9.17) is 4.74 Å². The lowest BCUT2D eigenvalue weighted by atomic mass is 10.1. The summed E-state index contributed by atoms with van der Waals surface area (Å²) in [5.74, 6) is -1.11. The zero-order chi connectivity index (χ0) is 15.5. The topological polar surface area (TPSA) is 90.1 Å².